The number of carbonyl (C=O) groups is 1. The normalized spacial score (nSPS) is 14.0. The molecule has 2 aromatic rings. The fourth-order valence-corrected chi connectivity index (χ4v) is 3.35. The van der Waals surface area contributed by atoms with Gasteiger partial charge in [-0.2, -0.15) is 0 Å². The Bertz CT molecular complexity index is 801. The van der Waals surface area contributed by atoms with Crippen LogP contribution in [0.3, 0.4) is 0 Å². The molecule has 0 unspecified atom stereocenters. The summed E-state index contributed by atoms with van der Waals surface area (Å²) in [6.07, 6.45) is 0. The molecule has 28 heavy (non-hydrogen) atoms. The van der Waals surface area contributed by atoms with Gasteiger partial charge in [0, 0.05) is 26.2 Å². The highest BCUT2D eigenvalue weighted by molar-refractivity contribution is 5.74. The van der Waals surface area contributed by atoms with Gasteiger partial charge >= 0.3 is 6.03 Å². The van der Waals surface area contributed by atoms with Crippen molar-refractivity contribution in [2.75, 3.05) is 51.3 Å². The average Bonchev–Trinajstić information content (AvgIpc) is 2.74. The molecule has 0 atom stereocenters. The molecule has 0 spiro atoms. The molecule has 1 aliphatic rings. The zero-order valence-corrected chi connectivity index (χ0v) is 16.9. The molecule has 1 heterocycles. The second-order valence-corrected chi connectivity index (χ2v) is 6.92. The van der Waals surface area contributed by atoms with Gasteiger partial charge in [-0.3, -0.25) is 0 Å². The van der Waals surface area contributed by atoms with Crippen LogP contribution in [0.5, 0.6) is 11.5 Å². The van der Waals surface area contributed by atoms with Gasteiger partial charge in [-0.25, -0.2) is 4.79 Å². The first-order valence-corrected chi connectivity index (χ1v) is 9.70. The first-order chi connectivity index (χ1) is 13.6. The molecule has 0 saturated carbocycles. The van der Waals surface area contributed by atoms with Crippen LogP contribution in [0.2, 0.25) is 0 Å². The second-order valence-electron chi connectivity index (χ2n) is 6.92. The first-order valence-electron chi connectivity index (χ1n) is 9.70. The number of urea groups is 1. The SMILES string of the molecule is COc1ccccc1N1CCN(C(=O)NCCOc2cccc(C)c2C)CC1. The first kappa shape index (κ1) is 19.9. The number of nitrogens with one attached hydrogen (secondary N) is 1. The Morgan fingerprint density at radius 1 is 1.00 bits per heavy atom. The fourth-order valence-electron chi connectivity index (χ4n) is 3.35. The molecule has 3 rings (SSSR count). The minimum atomic E-state index is -0.0377. The maximum atomic E-state index is 12.4. The molecule has 6 nitrogen and oxygen atoms in total. The number of hydrogen-bond acceptors (Lipinski definition) is 4. The predicted octanol–water partition coefficient (Wildman–Crippen LogP) is 3.22. The van der Waals surface area contributed by atoms with Gasteiger partial charge < -0.3 is 24.6 Å². The third-order valence-corrected chi connectivity index (χ3v) is 5.18. The van der Waals surface area contributed by atoms with Crippen LogP contribution < -0.4 is 19.7 Å². The van der Waals surface area contributed by atoms with Crippen LogP contribution in [0.15, 0.2) is 42.5 Å². The van der Waals surface area contributed by atoms with E-state index in [0.29, 0.717) is 26.2 Å². The number of anilines is 1. The quantitative estimate of drug-likeness (QED) is 0.778. The van der Waals surface area contributed by atoms with Crippen LogP contribution in [0.25, 0.3) is 0 Å². The van der Waals surface area contributed by atoms with Gasteiger partial charge in [-0.1, -0.05) is 24.3 Å². The lowest BCUT2D eigenvalue weighted by atomic mass is 10.1. The largest absolute Gasteiger partial charge is 0.495 e. The van der Waals surface area contributed by atoms with Gasteiger partial charge in [0.25, 0.3) is 0 Å². The minimum absolute atomic E-state index is 0.0377. The smallest absolute Gasteiger partial charge is 0.317 e. The number of aryl methyl sites for hydroxylation is 1. The van der Waals surface area contributed by atoms with E-state index in [0.717, 1.165) is 35.8 Å². The number of carbonyl (C=O) groups excluding carboxylic acids is 1. The van der Waals surface area contributed by atoms with E-state index in [1.807, 2.05) is 42.2 Å². The van der Waals surface area contributed by atoms with Crippen molar-refractivity contribution in [1.82, 2.24) is 10.2 Å². The van der Waals surface area contributed by atoms with E-state index in [2.05, 4.69) is 29.3 Å². The molecule has 1 aliphatic heterocycles. The van der Waals surface area contributed by atoms with Crippen LogP contribution >= 0.6 is 0 Å². The zero-order valence-electron chi connectivity index (χ0n) is 16.9. The molecular weight excluding hydrogens is 354 g/mol. The van der Waals surface area contributed by atoms with Crippen LogP contribution in [0.1, 0.15) is 11.1 Å². The molecule has 6 heteroatoms. The van der Waals surface area contributed by atoms with Crippen molar-refractivity contribution >= 4 is 11.7 Å². The Labute approximate surface area is 167 Å². The summed E-state index contributed by atoms with van der Waals surface area (Å²) in [7, 11) is 1.68. The van der Waals surface area contributed by atoms with E-state index in [1.165, 1.54) is 5.56 Å². The summed E-state index contributed by atoms with van der Waals surface area (Å²) >= 11 is 0. The number of ether oxygens (including phenoxy) is 2. The summed E-state index contributed by atoms with van der Waals surface area (Å²) in [6.45, 7) is 7.98. The summed E-state index contributed by atoms with van der Waals surface area (Å²) in [5.74, 6) is 1.74. The van der Waals surface area contributed by atoms with Gasteiger partial charge in [0.15, 0.2) is 0 Å². The number of methoxy groups -OCH3 is 1. The zero-order chi connectivity index (χ0) is 19.9. The predicted molar refractivity (Wildman–Crippen MR) is 112 cm³/mol. The molecule has 1 saturated heterocycles. The van der Waals surface area contributed by atoms with Crippen molar-refractivity contribution in [3.05, 3.63) is 53.6 Å². The third kappa shape index (κ3) is 4.68. The van der Waals surface area contributed by atoms with Gasteiger partial charge in [0.2, 0.25) is 0 Å². The van der Waals surface area contributed by atoms with E-state index < -0.39 is 0 Å². The van der Waals surface area contributed by atoms with Crippen LogP contribution in [-0.2, 0) is 0 Å². The van der Waals surface area contributed by atoms with Gasteiger partial charge in [0.1, 0.15) is 18.1 Å². The number of para-hydroxylation sites is 2. The van der Waals surface area contributed by atoms with Gasteiger partial charge in [-0.15, -0.1) is 0 Å². The summed E-state index contributed by atoms with van der Waals surface area (Å²) in [5.41, 5.74) is 3.42. The molecule has 1 N–H and O–H groups in total. The van der Waals surface area contributed by atoms with Crippen molar-refractivity contribution in [3.63, 3.8) is 0 Å². The van der Waals surface area contributed by atoms with Crippen molar-refractivity contribution < 1.29 is 14.3 Å². The van der Waals surface area contributed by atoms with Crippen molar-refractivity contribution in [1.29, 1.82) is 0 Å². The third-order valence-electron chi connectivity index (χ3n) is 5.18. The summed E-state index contributed by atoms with van der Waals surface area (Å²) in [4.78, 5) is 16.5. The summed E-state index contributed by atoms with van der Waals surface area (Å²) < 4.78 is 11.2. The van der Waals surface area contributed by atoms with E-state index in [-0.39, 0.29) is 6.03 Å². The molecule has 0 aliphatic carbocycles. The molecule has 0 aromatic heterocycles. The molecule has 1 fully saturated rings. The Balaban J connectivity index is 1.42. The Hall–Kier alpha value is -2.89. The molecule has 2 amide bonds. The van der Waals surface area contributed by atoms with Crippen LogP contribution in [0, 0.1) is 13.8 Å². The van der Waals surface area contributed by atoms with E-state index >= 15 is 0 Å². The van der Waals surface area contributed by atoms with Crippen molar-refractivity contribution in [3.8, 4) is 11.5 Å². The lowest BCUT2D eigenvalue weighted by Gasteiger charge is -2.36. The summed E-state index contributed by atoms with van der Waals surface area (Å²) in [6, 6.07) is 14.0. The maximum absolute atomic E-state index is 12.4. The minimum Gasteiger partial charge on any atom is -0.495 e. The standard InChI is InChI=1S/C22H29N3O3/c1-17-7-6-10-20(18(17)2)28-16-11-23-22(26)25-14-12-24(13-15-25)19-8-4-5-9-21(19)27-3/h4-10H,11-16H2,1-3H3,(H,23,26). The Kier molecular flexibility index (Phi) is 6.63. The van der Waals surface area contributed by atoms with Gasteiger partial charge in [-0.05, 0) is 43.2 Å². The van der Waals surface area contributed by atoms with Crippen LogP contribution in [-0.4, -0.2) is 57.4 Å². The van der Waals surface area contributed by atoms with Crippen LogP contribution in [0.4, 0.5) is 10.5 Å². The number of nitrogens with zero attached hydrogens (tertiary/aromatic N) is 2. The number of rotatable bonds is 6. The van der Waals surface area contributed by atoms with Crippen molar-refractivity contribution in [2.45, 2.75) is 13.8 Å². The molecule has 2 aromatic carbocycles. The number of benzene rings is 2. The fraction of sp³-hybridized carbons (Fsp3) is 0.409. The number of hydrogen-bond donors (Lipinski definition) is 1. The second kappa shape index (κ2) is 9.35. The Morgan fingerprint density at radius 3 is 2.46 bits per heavy atom. The van der Waals surface area contributed by atoms with E-state index in [4.69, 9.17) is 9.47 Å². The van der Waals surface area contributed by atoms with E-state index in [1.54, 1.807) is 7.11 Å². The molecular formula is C22H29N3O3. The Morgan fingerprint density at radius 2 is 1.71 bits per heavy atom. The monoisotopic (exact) mass is 383 g/mol. The highest BCUT2D eigenvalue weighted by Crippen LogP contribution is 2.28. The number of piperazine rings is 1. The van der Waals surface area contributed by atoms with Crippen molar-refractivity contribution in [2.24, 2.45) is 0 Å². The summed E-state index contributed by atoms with van der Waals surface area (Å²) in [5, 5.41) is 2.95. The topological polar surface area (TPSA) is 54.0 Å². The lowest BCUT2D eigenvalue weighted by molar-refractivity contribution is 0.191. The molecule has 150 valence electrons. The maximum Gasteiger partial charge on any atom is 0.317 e. The molecule has 0 bridgehead atoms. The lowest BCUT2D eigenvalue weighted by Crippen LogP contribution is -2.52. The molecule has 0 radical (unpaired) electrons. The van der Waals surface area contributed by atoms with Gasteiger partial charge in [0.05, 0.1) is 19.3 Å². The number of amides is 2. The average molecular weight is 383 g/mol. The van der Waals surface area contributed by atoms with E-state index in [9.17, 15) is 4.79 Å². The highest BCUT2D eigenvalue weighted by atomic mass is 16.5. The highest BCUT2D eigenvalue weighted by Gasteiger charge is 2.22.